The molecule has 152 valence electrons. The molecule has 5 rings (SSSR count). The average molecular weight is 389 g/mol. The summed E-state index contributed by atoms with van der Waals surface area (Å²) in [6, 6.07) is 14.4. The van der Waals surface area contributed by atoms with E-state index in [1.165, 1.54) is 28.7 Å². The number of fused-ring (bicyclic) bond motifs is 5. The summed E-state index contributed by atoms with van der Waals surface area (Å²) in [7, 11) is 0. The number of aromatic hydroxyl groups is 1. The van der Waals surface area contributed by atoms with Gasteiger partial charge in [-0.05, 0) is 97.6 Å². The highest BCUT2D eigenvalue weighted by Gasteiger charge is 2.60. The van der Waals surface area contributed by atoms with E-state index in [2.05, 4.69) is 56.3 Å². The number of rotatable bonds is 2. The van der Waals surface area contributed by atoms with E-state index in [0.717, 1.165) is 32.1 Å². The van der Waals surface area contributed by atoms with E-state index in [1.54, 1.807) is 0 Å². The summed E-state index contributed by atoms with van der Waals surface area (Å²) in [6.45, 7) is 4.47. The van der Waals surface area contributed by atoms with Gasteiger partial charge >= 0.3 is 0 Å². The van der Waals surface area contributed by atoms with Gasteiger partial charge in [-0.15, -0.1) is 0 Å². The fourth-order valence-corrected chi connectivity index (χ4v) is 6.90. The van der Waals surface area contributed by atoms with Gasteiger partial charge in [0.25, 0.3) is 0 Å². The van der Waals surface area contributed by atoms with E-state index >= 15 is 0 Å². The third-order valence-electron chi connectivity index (χ3n) is 8.65. The van der Waals surface area contributed by atoms with Gasteiger partial charge in [-0.2, -0.15) is 0 Å². The second-order valence-corrected chi connectivity index (χ2v) is 9.91. The molecule has 2 aromatic carbocycles. The molecule has 29 heavy (non-hydrogen) atoms. The van der Waals surface area contributed by atoms with Crippen LogP contribution in [0.25, 0.3) is 6.08 Å². The van der Waals surface area contributed by atoms with E-state index < -0.39 is 5.60 Å². The van der Waals surface area contributed by atoms with Crippen molar-refractivity contribution in [1.82, 2.24) is 0 Å². The minimum Gasteiger partial charge on any atom is -0.508 e. The zero-order valence-corrected chi connectivity index (χ0v) is 17.6. The first kappa shape index (κ1) is 18.9. The number of aliphatic hydroxyl groups is 1. The van der Waals surface area contributed by atoms with Gasteiger partial charge in [0.05, 0.1) is 5.60 Å². The molecule has 2 N–H and O–H groups in total. The van der Waals surface area contributed by atoms with Crippen LogP contribution in [0.1, 0.15) is 67.2 Å². The summed E-state index contributed by atoms with van der Waals surface area (Å²) in [5.41, 5.74) is 4.47. The highest BCUT2D eigenvalue weighted by Crippen LogP contribution is 2.64. The lowest BCUT2D eigenvalue weighted by molar-refractivity contribution is -0.0705. The van der Waals surface area contributed by atoms with Crippen LogP contribution >= 0.6 is 0 Å². The first-order valence-corrected chi connectivity index (χ1v) is 11.2. The molecule has 0 heterocycles. The van der Waals surface area contributed by atoms with Crippen LogP contribution in [-0.2, 0) is 6.42 Å². The number of phenols is 1. The minimum atomic E-state index is -0.722. The second-order valence-electron chi connectivity index (χ2n) is 9.91. The smallest absolute Gasteiger partial charge is 0.115 e. The van der Waals surface area contributed by atoms with Gasteiger partial charge in [-0.3, -0.25) is 0 Å². The molecule has 5 atom stereocenters. The van der Waals surface area contributed by atoms with Gasteiger partial charge in [-0.1, -0.05) is 49.4 Å². The van der Waals surface area contributed by atoms with E-state index in [0.29, 0.717) is 23.5 Å². The van der Waals surface area contributed by atoms with Gasteiger partial charge in [0.15, 0.2) is 0 Å². The van der Waals surface area contributed by atoms with E-state index in [4.69, 9.17) is 0 Å². The van der Waals surface area contributed by atoms with Crippen molar-refractivity contribution < 1.29 is 10.2 Å². The van der Waals surface area contributed by atoms with E-state index in [-0.39, 0.29) is 5.41 Å². The van der Waals surface area contributed by atoms with Gasteiger partial charge in [-0.25, -0.2) is 0 Å². The Balaban J connectivity index is 1.44. The Bertz CT molecular complexity index is 961. The van der Waals surface area contributed by atoms with Crippen LogP contribution < -0.4 is 0 Å². The Labute approximate surface area is 174 Å². The van der Waals surface area contributed by atoms with Crippen LogP contribution in [0.2, 0.25) is 0 Å². The Morgan fingerprint density at radius 3 is 2.69 bits per heavy atom. The van der Waals surface area contributed by atoms with Crippen molar-refractivity contribution >= 4 is 6.08 Å². The Morgan fingerprint density at radius 1 is 1.03 bits per heavy atom. The third kappa shape index (κ3) is 2.87. The summed E-state index contributed by atoms with van der Waals surface area (Å²) >= 11 is 0. The van der Waals surface area contributed by atoms with Crippen molar-refractivity contribution in [1.29, 1.82) is 0 Å². The van der Waals surface area contributed by atoms with Crippen LogP contribution in [0.5, 0.6) is 5.75 Å². The van der Waals surface area contributed by atoms with E-state index in [1.807, 2.05) is 12.1 Å². The SMILES string of the molecule is Cc1ccccc1C=C[C@]1(O)CC[C@H]2[C@@H]3CCc4cc(O)ccc4[C@H]3CC[C@@]21C. The minimum absolute atomic E-state index is 0.0538. The molecule has 3 aliphatic rings. The molecule has 0 amide bonds. The highest BCUT2D eigenvalue weighted by molar-refractivity contribution is 5.55. The van der Waals surface area contributed by atoms with Gasteiger partial charge in [0.1, 0.15) is 5.75 Å². The molecule has 3 aliphatic carbocycles. The number of aryl methyl sites for hydroxylation is 2. The number of hydrogen-bond donors (Lipinski definition) is 2. The predicted molar refractivity (Wildman–Crippen MR) is 118 cm³/mol. The zero-order valence-electron chi connectivity index (χ0n) is 17.6. The zero-order chi connectivity index (χ0) is 20.2. The van der Waals surface area contributed by atoms with Gasteiger partial charge in [0, 0.05) is 5.41 Å². The van der Waals surface area contributed by atoms with Crippen LogP contribution in [0.4, 0.5) is 0 Å². The molecule has 2 heteroatoms. The lowest BCUT2D eigenvalue weighted by Crippen LogP contribution is -2.49. The molecule has 2 aromatic rings. The summed E-state index contributed by atoms with van der Waals surface area (Å²) in [6.07, 6.45) is 10.7. The molecular formula is C27H32O2. The van der Waals surface area contributed by atoms with Crippen LogP contribution in [0, 0.1) is 24.2 Å². The summed E-state index contributed by atoms with van der Waals surface area (Å²) in [4.78, 5) is 0. The molecule has 2 fully saturated rings. The monoisotopic (exact) mass is 388 g/mol. The first-order valence-electron chi connectivity index (χ1n) is 11.2. The molecule has 0 unspecified atom stereocenters. The fraction of sp³-hybridized carbons (Fsp3) is 0.481. The Morgan fingerprint density at radius 2 is 1.86 bits per heavy atom. The molecule has 0 aliphatic heterocycles. The Kier molecular flexibility index (Phi) is 4.40. The fourth-order valence-electron chi connectivity index (χ4n) is 6.90. The van der Waals surface area contributed by atoms with Crippen molar-refractivity contribution in [3.63, 3.8) is 0 Å². The maximum Gasteiger partial charge on any atom is 0.115 e. The lowest BCUT2D eigenvalue weighted by atomic mass is 9.53. The van der Waals surface area contributed by atoms with E-state index in [9.17, 15) is 10.2 Å². The van der Waals surface area contributed by atoms with Gasteiger partial charge < -0.3 is 10.2 Å². The largest absolute Gasteiger partial charge is 0.508 e. The molecule has 0 spiro atoms. The average Bonchev–Trinajstić information content (AvgIpc) is 2.98. The number of benzene rings is 2. The van der Waals surface area contributed by atoms with Crippen LogP contribution in [0.15, 0.2) is 48.5 Å². The summed E-state index contributed by atoms with van der Waals surface area (Å²) in [5, 5.41) is 21.7. The molecule has 0 aromatic heterocycles. The molecular weight excluding hydrogens is 356 g/mol. The normalized spacial score (nSPS) is 35.9. The molecule has 0 bridgehead atoms. The van der Waals surface area contributed by atoms with Crippen LogP contribution in [0.3, 0.4) is 0 Å². The van der Waals surface area contributed by atoms with Crippen LogP contribution in [-0.4, -0.2) is 15.8 Å². The van der Waals surface area contributed by atoms with Gasteiger partial charge in [0.2, 0.25) is 0 Å². The maximum atomic E-state index is 11.8. The second kappa shape index (κ2) is 6.74. The summed E-state index contributed by atoms with van der Waals surface area (Å²) < 4.78 is 0. The molecule has 0 radical (unpaired) electrons. The van der Waals surface area contributed by atoms with Crippen molar-refractivity contribution in [2.45, 2.75) is 63.9 Å². The van der Waals surface area contributed by atoms with Crippen molar-refractivity contribution in [3.05, 3.63) is 70.8 Å². The van der Waals surface area contributed by atoms with Crippen molar-refractivity contribution in [3.8, 4) is 5.75 Å². The van der Waals surface area contributed by atoms with Crippen molar-refractivity contribution in [2.75, 3.05) is 0 Å². The standard InChI is InChI=1S/C27H32O2/c1-18-5-3-4-6-19(18)11-15-27(29)16-13-25-24-9-7-20-17-21(28)8-10-22(20)23(24)12-14-26(25,27)2/h3-6,8,10-11,15,17,23-25,28-29H,7,9,12-14,16H2,1-2H3/t23-,24-,25+,26+,27+/m1/s1. The topological polar surface area (TPSA) is 40.5 Å². The molecule has 2 nitrogen and oxygen atoms in total. The molecule has 0 saturated heterocycles. The number of hydrogen-bond acceptors (Lipinski definition) is 2. The number of phenolic OH excluding ortho intramolecular Hbond substituents is 1. The molecule has 2 saturated carbocycles. The predicted octanol–water partition coefficient (Wildman–Crippen LogP) is 6.00. The first-order chi connectivity index (χ1) is 13.9. The lowest BCUT2D eigenvalue weighted by Gasteiger charge is -2.52. The highest BCUT2D eigenvalue weighted by atomic mass is 16.3. The third-order valence-corrected chi connectivity index (χ3v) is 8.65. The quantitative estimate of drug-likeness (QED) is 0.662. The summed E-state index contributed by atoms with van der Waals surface area (Å²) in [5.74, 6) is 2.18. The maximum absolute atomic E-state index is 11.8. The Hall–Kier alpha value is -2.06. The van der Waals surface area contributed by atoms with Crippen molar-refractivity contribution in [2.24, 2.45) is 17.3 Å².